The third-order valence-corrected chi connectivity index (χ3v) is 2.94. The Morgan fingerprint density at radius 2 is 2.00 bits per heavy atom. The Balaban J connectivity index is 1.88. The van der Waals surface area contributed by atoms with Crippen molar-refractivity contribution in [1.29, 1.82) is 0 Å². The molecular formula is C16H15FN2O3. The lowest BCUT2D eigenvalue weighted by Crippen LogP contribution is -2.21. The average Bonchev–Trinajstić information content (AvgIpc) is 2.49. The number of rotatable bonds is 4. The van der Waals surface area contributed by atoms with E-state index in [4.69, 9.17) is 4.74 Å². The Morgan fingerprint density at radius 1 is 1.23 bits per heavy atom. The standard InChI is InChI=1S/C16H15FN2O3/c1-10-3-6-13(7-14(10)17)19-15(20)9-22-16(21)12-5-4-11(2)18-8-12/h3-8H,9H2,1-2H3,(H,19,20). The number of nitrogens with zero attached hydrogens (tertiary/aromatic N) is 1. The van der Waals surface area contributed by atoms with Gasteiger partial charge < -0.3 is 10.1 Å². The summed E-state index contributed by atoms with van der Waals surface area (Å²) in [4.78, 5) is 27.4. The van der Waals surface area contributed by atoms with E-state index < -0.39 is 24.3 Å². The number of hydrogen-bond acceptors (Lipinski definition) is 4. The van der Waals surface area contributed by atoms with E-state index in [0.29, 0.717) is 11.3 Å². The van der Waals surface area contributed by atoms with Crippen molar-refractivity contribution in [1.82, 2.24) is 4.98 Å². The largest absolute Gasteiger partial charge is 0.452 e. The lowest BCUT2D eigenvalue weighted by molar-refractivity contribution is -0.119. The van der Waals surface area contributed by atoms with E-state index in [0.717, 1.165) is 5.69 Å². The second-order valence-corrected chi connectivity index (χ2v) is 4.78. The highest BCUT2D eigenvalue weighted by molar-refractivity contribution is 5.95. The molecule has 22 heavy (non-hydrogen) atoms. The fraction of sp³-hybridized carbons (Fsp3) is 0.188. The first-order valence-corrected chi connectivity index (χ1v) is 6.61. The van der Waals surface area contributed by atoms with Crippen LogP contribution in [-0.2, 0) is 9.53 Å². The molecule has 1 aromatic carbocycles. The molecule has 0 atom stereocenters. The number of anilines is 1. The Kier molecular flexibility index (Phi) is 4.83. The maximum absolute atomic E-state index is 13.4. The number of nitrogens with one attached hydrogen (secondary N) is 1. The molecule has 6 heteroatoms. The number of amides is 1. The third-order valence-electron chi connectivity index (χ3n) is 2.94. The van der Waals surface area contributed by atoms with E-state index in [2.05, 4.69) is 10.3 Å². The molecule has 5 nitrogen and oxygen atoms in total. The van der Waals surface area contributed by atoms with Crippen LogP contribution in [0.5, 0.6) is 0 Å². The second-order valence-electron chi connectivity index (χ2n) is 4.78. The molecular weight excluding hydrogens is 287 g/mol. The maximum Gasteiger partial charge on any atom is 0.340 e. The zero-order valence-electron chi connectivity index (χ0n) is 12.2. The molecule has 0 aliphatic rings. The summed E-state index contributed by atoms with van der Waals surface area (Å²) < 4.78 is 18.2. The van der Waals surface area contributed by atoms with Gasteiger partial charge in [0.1, 0.15) is 5.82 Å². The molecule has 114 valence electrons. The number of aryl methyl sites for hydroxylation is 2. The van der Waals surface area contributed by atoms with Crippen molar-refractivity contribution >= 4 is 17.6 Å². The van der Waals surface area contributed by atoms with Crippen LogP contribution in [0.1, 0.15) is 21.6 Å². The first kappa shape index (κ1) is 15.6. The molecule has 0 saturated carbocycles. The normalized spacial score (nSPS) is 10.1. The number of hydrogen-bond donors (Lipinski definition) is 1. The minimum atomic E-state index is -0.641. The SMILES string of the molecule is Cc1ccc(C(=O)OCC(=O)Nc2ccc(C)c(F)c2)cn1. The van der Waals surface area contributed by atoms with Crippen LogP contribution in [0.25, 0.3) is 0 Å². The van der Waals surface area contributed by atoms with Crippen LogP contribution in [-0.4, -0.2) is 23.5 Å². The van der Waals surface area contributed by atoms with Gasteiger partial charge >= 0.3 is 5.97 Å². The molecule has 0 aliphatic carbocycles. The van der Waals surface area contributed by atoms with E-state index in [-0.39, 0.29) is 5.56 Å². The van der Waals surface area contributed by atoms with Crippen molar-refractivity contribution in [3.05, 3.63) is 59.2 Å². The van der Waals surface area contributed by atoms with E-state index in [1.165, 1.54) is 12.3 Å². The van der Waals surface area contributed by atoms with Gasteiger partial charge in [-0.15, -0.1) is 0 Å². The van der Waals surface area contributed by atoms with Crippen LogP contribution >= 0.6 is 0 Å². The Bertz CT molecular complexity index is 699. The highest BCUT2D eigenvalue weighted by Crippen LogP contribution is 2.13. The Morgan fingerprint density at radius 3 is 2.64 bits per heavy atom. The van der Waals surface area contributed by atoms with E-state index >= 15 is 0 Å². The predicted octanol–water partition coefficient (Wildman–Crippen LogP) is 2.63. The van der Waals surface area contributed by atoms with Gasteiger partial charge in [-0.2, -0.15) is 0 Å². The molecule has 0 spiro atoms. The molecule has 2 rings (SSSR count). The molecule has 1 amide bonds. The number of halogens is 1. The number of pyridine rings is 1. The van der Waals surface area contributed by atoms with Gasteiger partial charge in [0.2, 0.25) is 0 Å². The van der Waals surface area contributed by atoms with Gasteiger partial charge in [-0.1, -0.05) is 6.07 Å². The van der Waals surface area contributed by atoms with Gasteiger partial charge in [-0.3, -0.25) is 9.78 Å². The highest BCUT2D eigenvalue weighted by atomic mass is 19.1. The van der Waals surface area contributed by atoms with Gasteiger partial charge in [0.15, 0.2) is 6.61 Å². The Labute approximate surface area is 127 Å². The quantitative estimate of drug-likeness (QED) is 0.882. The summed E-state index contributed by atoms with van der Waals surface area (Å²) >= 11 is 0. The summed E-state index contributed by atoms with van der Waals surface area (Å²) in [6, 6.07) is 7.57. The summed E-state index contributed by atoms with van der Waals surface area (Å²) in [5, 5.41) is 2.45. The third kappa shape index (κ3) is 4.12. The van der Waals surface area contributed by atoms with Crippen molar-refractivity contribution in [2.45, 2.75) is 13.8 Å². The van der Waals surface area contributed by atoms with Gasteiger partial charge in [-0.25, -0.2) is 9.18 Å². The van der Waals surface area contributed by atoms with Crippen LogP contribution in [0, 0.1) is 19.7 Å². The summed E-state index contributed by atoms with van der Waals surface area (Å²) in [5.74, 6) is -1.60. The van der Waals surface area contributed by atoms with Crippen LogP contribution < -0.4 is 5.32 Å². The van der Waals surface area contributed by atoms with Crippen LogP contribution in [0.4, 0.5) is 10.1 Å². The van der Waals surface area contributed by atoms with Crippen molar-refractivity contribution in [2.24, 2.45) is 0 Å². The number of ether oxygens (including phenoxy) is 1. The van der Waals surface area contributed by atoms with Crippen molar-refractivity contribution in [3.8, 4) is 0 Å². The fourth-order valence-electron chi connectivity index (χ4n) is 1.67. The first-order valence-electron chi connectivity index (χ1n) is 6.61. The molecule has 1 aromatic heterocycles. The lowest BCUT2D eigenvalue weighted by Gasteiger charge is -2.07. The number of benzene rings is 1. The van der Waals surface area contributed by atoms with E-state index in [1.54, 1.807) is 38.1 Å². The number of aromatic nitrogens is 1. The van der Waals surface area contributed by atoms with E-state index in [9.17, 15) is 14.0 Å². The maximum atomic E-state index is 13.4. The minimum Gasteiger partial charge on any atom is -0.452 e. The Hall–Kier alpha value is -2.76. The van der Waals surface area contributed by atoms with Gasteiger partial charge in [-0.05, 0) is 43.7 Å². The average molecular weight is 302 g/mol. The number of esters is 1. The zero-order chi connectivity index (χ0) is 16.1. The molecule has 1 heterocycles. The molecule has 1 N–H and O–H groups in total. The number of carbonyl (C=O) groups is 2. The molecule has 0 aliphatic heterocycles. The van der Waals surface area contributed by atoms with Gasteiger partial charge in [0, 0.05) is 17.6 Å². The lowest BCUT2D eigenvalue weighted by atomic mass is 10.2. The molecule has 0 saturated heterocycles. The van der Waals surface area contributed by atoms with Gasteiger partial charge in [0.25, 0.3) is 5.91 Å². The summed E-state index contributed by atoms with van der Waals surface area (Å²) in [5.41, 5.74) is 1.83. The van der Waals surface area contributed by atoms with E-state index in [1.807, 2.05) is 0 Å². The smallest absolute Gasteiger partial charge is 0.340 e. The molecule has 0 fully saturated rings. The first-order chi connectivity index (χ1) is 10.5. The summed E-state index contributed by atoms with van der Waals surface area (Å²) in [6.45, 7) is 2.96. The van der Waals surface area contributed by atoms with Gasteiger partial charge in [0.05, 0.1) is 5.56 Å². The molecule has 0 bridgehead atoms. The monoisotopic (exact) mass is 302 g/mol. The topological polar surface area (TPSA) is 68.3 Å². The highest BCUT2D eigenvalue weighted by Gasteiger charge is 2.11. The van der Waals surface area contributed by atoms with Crippen molar-refractivity contribution in [2.75, 3.05) is 11.9 Å². The summed E-state index contributed by atoms with van der Waals surface area (Å²) in [7, 11) is 0. The number of carbonyl (C=O) groups excluding carboxylic acids is 2. The molecule has 2 aromatic rings. The predicted molar refractivity (Wildman–Crippen MR) is 79.0 cm³/mol. The second kappa shape index (κ2) is 6.80. The van der Waals surface area contributed by atoms with Crippen molar-refractivity contribution in [3.63, 3.8) is 0 Å². The zero-order valence-corrected chi connectivity index (χ0v) is 12.2. The van der Waals surface area contributed by atoms with Crippen molar-refractivity contribution < 1.29 is 18.7 Å². The summed E-state index contributed by atoms with van der Waals surface area (Å²) in [6.07, 6.45) is 1.38. The van der Waals surface area contributed by atoms with Crippen LogP contribution in [0.2, 0.25) is 0 Å². The van der Waals surface area contributed by atoms with Crippen LogP contribution in [0.15, 0.2) is 36.5 Å². The molecule has 0 unspecified atom stereocenters. The fourth-order valence-corrected chi connectivity index (χ4v) is 1.67. The van der Waals surface area contributed by atoms with Crippen LogP contribution in [0.3, 0.4) is 0 Å². The molecule has 0 radical (unpaired) electrons. The minimum absolute atomic E-state index is 0.264.